The monoisotopic (exact) mass is 263 g/mol. The van der Waals surface area contributed by atoms with Crippen LogP contribution in [0.15, 0.2) is 24.3 Å². The van der Waals surface area contributed by atoms with Gasteiger partial charge in [-0.15, -0.1) is 0 Å². The molecule has 104 valence electrons. The average Bonchev–Trinajstić information content (AvgIpc) is 2.39. The Morgan fingerprint density at radius 2 is 1.84 bits per heavy atom. The van der Waals surface area contributed by atoms with Gasteiger partial charge >= 0.3 is 0 Å². The number of amides is 2. The van der Waals surface area contributed by atoms with Gasteiger partial charge in [-0.05, 0) is 25.2 Å². The Labute approximate surface area is 113 Å². The summed E-state index contributed by atoms with van der Waals surface area (Å²) in [6.45, 7) is 4.27. The Bertz CT molecular complexity index is 446. The maximum atomic E-state index is 11.9. The third-order valence-electron chi connectivity index (χ3n) is 2.69. The highest BCUT2D eigenvalue weighted by atomic mass is 16.2. The van der Waals surface area contributed by atoms with Gasteiger partial charge < -0.3 is 16.0 Å². The lowest BCUT2D eigenvalue weighted by atomic mass is 10.1. The van der Waals surface area contributed by atoms with Crippen molar-refractivity contribution in [3.8, 4) is 0 Å². The number of carbonyl (C=O) groups is 2. The number of rotatable bonds is 6. The van der Waals surface area contributed by atoms with Gasteiger partial charge in [-0.2, -0.15) is 0 Å². The molecule has 1 atom stereocenters. The van der Waals surface area contributed by atoms with Crippen LogP contribution in [0.1, 0.15) is 20.3 Å². The zero-order chi connectivity index (χ0) is 14.3. The first-order valence-electron chi connectivity index (χ1n) is 6.42. The van der Waals surface area contributed by atoms with Crippen molar-refractivity contribution >= 4 is 23.2 Å². The molecule has 19 heavy (non-hydrogen) atoms. The smallest absolute Gasteiger partial charge is 0.228 e. The highest BCUT2D eigenvalue weighted by Gasteiger charge is 2.12. The van der Waals surface area contributed by atoms with Crippen LogP contribution in [-0.2, 0) is 9.59 Å². The summed E-state index contributed by atoms with van der Waals surface area (Å²) in [5.41, 5.74) is 1.37. The predicted octanol–water partition coefficient (Wildman–Crippen LogP) is 1.83. The molecule has 0 bridgehead atoms. The molecule has 0 aromatic heterocycles. The van der Waals surface area contributed by atoms with Gasteiger partial charge in [0.25, 0.3) is 0 Å². The van der Waals surface area contributed by atoms with Crippen LogP contribution in [0.2, 0.25) is 0 Å². The lowest BCUT2D eigenvalue weighted by Crippen LogP contribution is -2.28. The van der Waals surface area contributed by atoms with E-state index < -0.39 is 0 Å². The van der Waals surface area contributed by atoms with E-state index in [1.54, 1.807) is 31.2 Å². The molecule has 0 saturated carbocycles. The zero-order valence-corrected chi connectivity index (χ0v) is 11.6. The number of benzene rings is 1. The van der Waals surface area contributed by atoms with Crippen LogP contribution in [-0.4, -0.2) is 25.4 Å². The van der Waals surface area contributed by atoms with Crippen molar-refractivity contribution in [2.75, 3.05) is 24.2 Å². The topological polar surface area (TPSA) is 70.2 Å². The van der Waals surface area contributed by atoms with Crippen LogP contribution in [0.3, 0.4) is 0 Å². The molecular formula is C14H21N3O2. The molecule has 0 fully saturated rings. The second-order valence-corrected chi connectivity index (χ2v) is 4.43. The molecule has 0 heterocycles. The molecular weight excluding hydrogens is 242 g/mol. The fraction of sp³-hybridized carbons (Fsp3) is 0.429. The van der Waals surface area contributed by atoms with Gasteiger partial charge in [0.05, 0.1) is 0 Å². The van der Waals surface area contributed by atoms with E-state index in [0.29, 0.717) is 24.3 Å². The van der Waals surface area contributed by atoms with Gasteiger partial charge in [-0.3, -0.25) is 9.59 Å². The molecule has 1 rings (SSSR count). The number of hydrogen-bond acceptors (Lipinski definition) is 3. The maximum absolute atomic E-state index is 11.9. The van der Waals surface area contributed by atoms with E-state index in [4.69, 9.17) is 0 Å². The zero-order valence-electron chi connectivity index (χ0n) is 11.6. The molecule has 0 spiro atoms. The normalized spacial score (nSPS) is 11.7. The molecule has 3 N–H and O–H groups in total. The van der Waals surface area contributed by atoms with Crippen LogP contribution in [0, 0.1) is 5.92 Å². The summed E-state index contributed by atoms with van der Waals surface area (Å²) in [6.07, 6.45) is 0.426. The first-order chi connectivity index (χ1) is 9.06. The van der Waals surface area contributed by atoms with Crippen molar-refractivity contribution in [1.29, 1.82) is 0 Å². The SMILES string of the molecule is CCC(=O)Nc1cccc(NC(=O)C(C)CNC)c1. The summed E-state index contributed by atoms with van der Waals surface area (Å²) in [5, 5.41) is 8.55. The molecule has 2 amide bonds. The molecule has 0 aliphatic heterocycles. The fourth-order valence-corrected chi connectivity index (χ4v) is 1.59. The van der Waals surface area contributed by atoms with Crippen LogP contribution >= 0.6 is 0 Å². The summed E-state index contributed by atoms with van der Waals surface area (Å²) in [7, 11) is 1.81. The maximum Gasteiger partial charge on any atom is 0.228 e. The van der Waals surface area contributed by atoms with Crippen molar-refractivity contribution in [2.24, 2.45) is 5.92 Å². The van der Waals surface area contributed by atoms with Crippen molar-refractivity contribution in [3.63, 3.8) is 0 Å². The van der Waals surface area contributed by atoms with Crippen molar-refractivity contribution in [1.82, 2.24) is 5.32 Å². The molecule has 5 nitrogen and oxygen atoms in total. The van der Waals surface area contributed by atoms with E-state index >= 15 is 0 Å². The molecule has 0 aliphatic carbocycles. The Morgan fingerprint density at radius 1 is 1.21 bits per heavy atom. The quantitative estimate of drug-likeness (QED) is 0.733. The second kappa shape index (κ2) is 7.53. The number of anilines is 2. The molecule has 0 saturated heterocycles. The van der Waals surface area contributed by atoms with Gasteiger partial charge in [0.1, 0.15) is 0 Å². The van der Waals surface area contributed by atoms with Crippen LogP contribution in [0.25, 0.3) is 0 Å². The molecule has 0 radical (unpaired) electrons. The summed E-state index contributed by atoms with van der Waals surface area (Å²) in [5.74, 6) is -0.209. The largest absolute Gasteiger partial charge is 0.326 e. The molecule has 0 aliphatic rings. The van der Waals surface area contributed by atoms with Crippen LogP contribution in [0.4, 0.5) is 11.4 Å². The predicted molar refractivity (Wildman–Crippen MR) is 77.1 cm³/mol. The molecule has 5 heteroatoms. The first-order valence-corrected chi connectivity index (χ1v) is 6.42. The van der Waals surface area contributed by atoms with Gasteiger partial charge in [0, 0.05) is 30.3 Å². The number of nitrogens with one attached hydrogen (secondary N) is 3. The lowest BCUT2D eigenvalue weighted by molar-refractivity contribution is -0.119. The summed E-state index contributed by atoms with van der Waals surface area (Å²) < 4.78 is 0. The Balaban J connectivity index is 2.66. The minimum atomic E-state index is -0.112. The van der Waals surface area contributed by atoms with Crippen molar-refractivity contribution in [3.05, 3.63) is 24.3 Å². The fourth-order valence-electron chi connectivity index (χ4n) is 1.59. The van der Waals surface area contributed by atoms with Crippen molar-refractivity contribution < 1.29 is 9.59 Å². The first kappa shape index (κ1) is 15.2. The lowest BCUT2D eigenvalue weighted by Gasteiger charge is -2.12. The standard InChI is InChI=1S/C14H21N3O2/c1-4-13(18)16-11-6-5-7-12(8-11)17-14(19)10(2)9-15-3/h5-8,10,15H,4,9H2,1-3H3,(H,16,18)(H,17,19). The van der Waals surface area contributed by atoms with Gasteiger partial charge in [0.15, 0.2) is 0 Å². The van der Waals surface area contributed by atoms with E-state index in [9.17, 15) is 9.59 Å². The molecule has 1 aromatic carbocycles. The Morgan fingerprint density at radius 3 is 2.42 bits per heavy atom. The summed E-state index contributed by atoms with van der Waals surface area (Å²) in [4.78, 5) is 23.2. The molecule has 1 aromatic rings. The minimum Gasteiger partial charge on any atom is -0.326 e. The third kappa shape index (κ3) is 5.09. The minimum absolute atomic E-state index is 0.0479. The second-order valence-electron chi connectivity index (χ2n) is 4.43. The van der Waals surface area contributed by atoms with Gasteiger partial charge in [-0.25, -0.2) is 0 Å². The highest BCUT2D eigenvalue weighted by Crippen LogP contribution is 2.16. The van der Waals surface area contributed by atoms with E-state index in [1.807, 2.05) is 14.0 Å². The van der Waals surface area contributed by atoms with Crippen LogP contribution < -0.4 is 16.0 Å². The average molecular weight is 263 g/mol. The Kier molecular flexibility index (Phi) is 6.02. The molecule has 1 unspecified atom stereocenters. The Hall–Kier alpha value is -1.88. The highest BCUT2D eigenvalue weighted by molar-refractivity contribution is 5.94. The van der Waals surface area contributed by atoms with E-state index in [0.717, 1.165) is 0 Å². The summed E-state index contributed by atoms with van der Waals surface area (Å²) >= 11 is 0. The van der Waals surface area contributed by atoms with Crippen LogP contribution in [0.5, 0.6) is 0 Å². The number of hydrogen-bond donors (Lipinski definition) is 3. The van der Waals surface area contributed by atoms with Crippen molar-refractivity contribution in [2.45, 2.75) is 20.3 Å². The van der Waals surface area contributed by atoms with E-state index in [-0.39, 0.29) is 17.7 Å². The number of carbonyl (C=O) groups excluding carboxylic acids is 2. The third-order valence-corrected chi connectivity index (χ3v) is 2.69. The summed E-state index contributed by atoms with van der Waals surface area (Å²) in [6, 6.07) is 7.13. The van der Waals surface area contributed by atoms with Gasteiger partial charge in [0.2, 0.25) is 11.8 Å². The van der Waals surface area contributed by atoms with E-state index in [1.165, 1.54) is 0 Å². The van der Waals surface area contributed by atoms with Gasteiger partial charge in [-0.1, -0.05) is 19.9 Å². The van der Waals surface area contributed by atoms with E-state index in [2.05, 4.69) is 16.0 Å².